The molecule has 3 aromatic rings. The first-order chi connectivity index (χ1) is 10.1. The van der Waals surface area contributed by atoms with Gasteiger partial charge in [-0.2, -0.15) is 5.26 Å². The minimum atomic E-state index is -0.462. The number of nitrogens with two attached hydrogens (primary N) is 1. The normalized spacial score (nSPS) is 10.7. The fraction of sp³-hybridized carbons (Fsp3) is 0.0667. The Kier molecular flexibility index (Phi) is 3.24. The number of fused-ring (bicyclic) bond motifs is 1. The van der Waals surface area contributed by atoms with E-state index < -0.39 is 5.82 Å². The highest BCUT2D eigenvalue weighted by atomic mass is 35.5. The van der Waals surface area contributed by atoms with Gasteiger partial charge in [-0.25, -0.2) is 9.37 Å². The maximum atomic E-state index is 13.2. The van der Waals surface area contributed by atoms with Gasteiger partial charge in [0.15, 0.2) is 0 Å². The molecule has 0 saturated carbocycles. The van der Waals surface area contributed by atoms with E-state index in [1.807, 2.05) is 6.07 Å². The van der Waals surface area contributed by atoms with Crippen LogP contribution in [0.1, 0.15) is 11.1 Å². The second kappa shape index (κ2) is 5.08. The highest BCUT2D eigenvalue weighted by Crippen LogP contribution is 2.23. The van der Waals surface area contributed by atoms with Gasteiger partial charge >= 0.3 is 0 Å². The molecule has 0 saturated heterocycles. The Labute approximate surface area is 125 Å². The number of nitrogen functional groups attached to an aromatic ring is 1. The van der Waals surface area contributed by atoms with Crippen molar-refractivity contribution in [3.63, 3.8) is 0 Å². The fourth-order valence-corrected chi connectivity index (χ4v) is 2.45. The number of nitriles is 1. The molecule has 104 valence electrons. The van der Waals surface area contributed by atoms with Crippen molar-refractivity contribution in [1.82, 2.24) is 9.55 Å². The molecule has 2 N–H and O–H groups in total. The van der Waals surface area contributed by atoms with Crippen LogP contribution >= 0.6 is 11.6 Å². The van der Waals surface area contributed by atoms with E-state index in [1.165, 1.54) is 6.07 Å². The topological polar surface area (TPSA) is 67.6 Å². The maximum Gasteiger partial charge on any atom is 0.201 e. The molecule has 21 heavy (non-hydrogen) atoms. The Bertz CT molecular complexity index is 879. The van der Waals surface area contributed by atoms with Crippen molar-refractivity contribution in [1.29, 1.82) is 5.26 Å². The van der Waals surface area contributed by atoms with Crippen molar-refractivity contribution < 1.29 is 4.39 Å². The van der Waals surface area contributed by atoms with Crippen LogP contribution < -0.4 is 5.73 Å². The number of nitrogens with zero attached hydrogens (tertiary/aromatic N) is 3. The molecule has 0 aliphatic rings. The van der Waals surface area contributed by atoms with E-state index >= 15 is 0 Å². The molecule has 6 heteroatoms. The number of halogens is 2. The van der Waals surface area contributed by atoms with E-state index in [1.54, 1.807) is 28.8 Å². The monoisotopic (exact) mass is 300 g/mol. The van der Waals surface area contributed by atoms with Gasteiger partial charge < -0.3 is 10.3 Å². The summed E-state index contributed by atoms with van der Waals surface area (Å²) in [7, 11) is 0. The Balaban J connectivity index is 2.10. The molecule has 0 aliphatic carbocycles. The molecule has 2 aromatic carbocycles. The summed E-state index contributed by atoms with van der Waals surface area (Å²) in [5.74, 6) is -0.163. The number of hydrogen-bond acceptors (Lipinski definition) is 3. The minimum Gasteiger partial charge on any atom is -0.369 e. The molecule has 0 bridgehead atoms. The first kappa shape index (κ1) is 13.4. The van der Waals surface area contributed by atoms with Gasteiger partial charge in [0.05, 0.1) is 22.6 Å². The summed E-state index contributed by atoms with van der Waals surface area (Å²) in [6, 6.07) is 11.9. The third-order valence-corrected chi connectivity index (χ3v) is 3.54. The minimum absolute atomic E-state index is 0.0632. The molecule has 0 atom stereocenters. The average Bonchev–Trinajstić information content (AvgIpc) is 2.79. The molecular formula is C15H10ClFN4. The van der Waals surface area contributed by atoms with Crippen LogP contribution in [-0.4, -0.2) is 9.55 Å². The standard InChI is InChI=1S/C15H10ClFN4/c16-11-6-9(4-5-12(11)17)8-21-13-3-1-2-10(7-18)14(13)20-15(21)19/h1-6H,8H2,(H2,19,20). The number of para-hydroxylation sites is 1. The van der Waals surface area contributed by atoms with Gasteiger partial charge in [-0.1, -0.05) is 23.7 Å². The third-order valence-electron chi connectivity index (χ3n) is 3.25. The van der Waals surface area contributed by atoms with Crippen LogP contribution in [0, 0.1) is 17.1 Å². The highest BCUT2D eigenvalue weighted by molar-refractivity contribution is 6.30. The van der Waals surface area contributed by atoms with E-state index in [4.69, 9.17) is 22.6 Å². The largest absolute Gasteiger partial charge is 0.369 e. The highest BCUT2D eigenvalue weighted by Gasteiger charge is 2.12. The van der Waals surface area contributed by atoms with Crippen LogP contribution in [0.15, 0.2) is 36.4 Å². The van der Waals surface area contributed by atoms with Crippen LogP contribution in [0.4, 0.5) is 10.3 Å². The lowest BCUT2D eigenvalue weighted by atomic mass is 10.2. The van der Waals surface area contributed by atoms with Crippen molar-refractivity contribution in [2.45, 2.75) is 6.54 Å². The summed E-state index contributed by atoms with van der Waals surface area (Å²) < 4.78 is 15.0. The fourth-order valence-electron chi connectivity index (χ4n) is 2.24. The molecule has 1 heterocycles. The molecular weight excluding hydrogens is 291 g/mol. The zero-order valence-corrected chi connectivity index (χ0v) is 11.6. The molecule has 4 nitrogen and oxygen atoms in total. The lowest BCUT2D eigenvalue weighted by Gasteiger charge is -2.07. The summed E-state index contributed by atoms with van der Waals surface area (Å²) in [4.78, 5) is 4.23. The molecule has 0 spiro atoms. The van der Waals surface area contributed by atoms with Crippen LogP contribution in [0.2, 0.25) is 5.02 Å². The van der Waals surface area contributed by atoms with Crippen LogP contribution in [0.3, 0.4) is 0 Å². The number of anilines is 1. The predicted molar refractivity (Wildman–Crippen MR) is 79.4 cm³/mol. The van der Waals surface area contributed by atoms with E-state index in [9.17, 15) is 4.39 Å². The van der Waals surface area contributed by atoms with Crippen molar-refractivity contribution in [2.24, 2.45) is 0 Å². The third kappa shape index (κ3) is 2.30. The summed E-state index contributed by atoms with van der Waals surface area (Å²) in [5, 5.41) is 9.16. The number of benzene rings is 2. The Morgan fingerprint density at radius 3 is 2.86 bits per heavy atom. The average molecular weight is 301 g/mol. The maximum absolute atomic E-state index is 13.2. The molecule has 1 aromatic heterocycles. The molecule has 0 fully saturated rings. The number of hydrogen-bond donors (Lipinski definition) is 1. The number of aromatic nitrogens is 2. The van der Waals surface area contributed by atoms with E-state index in [0.29, 0.717) is 23.6 Å². The summed E-state index contributed by atoms with van der Waals surface area (Å²) in [6.07, 6.45) is 0. The van der Waals surface area contributed by atoms with Crippen molar-refractivity contribution in [2.75, 3.05) is 5.73 Å². The number of imidazole rings is 1. The first-order valence-corrected chi connectivity index (χ1v) is 6.56. The number of rotatable bonds is 2. The van der Waals surface area contributed by atoms with Gasteiger partial charge in [-0.15, -0.1) is 0 Å². The first-order valence-electron chi connectivity index (χ1n) is 6.19. The molecule has 0 unspecified atom stereocenters. The molecule has 0 aliphatic heterocycles. The summed E-state index contributed by atoms with van der Waals surface area (Å²) >= 11 is 5.79. The lowest BCUT2D eigenvalue weighted by molar-refractivity contribution is 0.627. The smallest absolute Gasteiger partial charge is 0.201 e. The van der Waals surface area contributed by atoms with Crippen LogP contribution in [0.5, 0.6) is 0 Å². The van der Waals surface area contributed by atoms with E-state index in [2.05, 4.69) is 11.1 Å². The Hall–Kier alpha value is -2.58. The van der Waals surface area contributed by atoms with Gasteiger partial charge in [0, 0.05) is 0 Å². The van der Waals surface area contributed by atoms with Crippen molar-refractivity contribution >= 4 is 28.6 Å². The summed E-state index contributed by atoms with van der Waals surface area (Å²) in [6.45, 7) is 0.400. The van der Waals surface area contributed by atoms with Crippen molar-refractivity contribution in [3.05, 3.63) is 58.4 Å². The van der Waals surface area contributed by atoms with E-state index in [0.717, 1.165) is 11.1 Å². The molecule has 0 amide bonds. The quantitative estimate of drug-likeness (QED) is 0.789. The van der Waals surface area contributed by atoms with Gasteiger partial charge in [0.25, 0.3) is 0 Å². The van der Waals surface area contributed by atoms with Gasteiger partial charge in [-0.05, 0) is 29.8 Å². The predicted octanol–water partition coefficient (Wildman–Crippen LogP) is 3.33. The molecule has 3 rings (SSSR count). The Morgan fingerprint density at radius 2 is 2.14 bits per heavy atom. The Morgan fingerprint density at radius 1 is 1.33 bits per heavy atom. The van der Waals surface area contributed by atoms with Crippen molar-refractivity contribution in [3.8, 4) is 6.07 Å². The summed E-state index contributed by atoms with van der Waals surface area (Å²) in [5.41, 5.74) is 8.51. The van der Waals surface area contributed by atoms with Gasteiger partial charge in [0.2, 0.25) is 5.95 Å². The zero-order chi connectivity index (χ0) is 15.0. The van der Waals surface area contributed by atoms with Crippen LogP contribution in [-0.2, 0) is 6.54 Å². The van der Waals surface area contributed by atoms with Gasteiger partial charge in [0.1, 0.15) is 17.4 Å². The lowest BCUT2D eigenvalue weighted by Crippen LogP contribution is -2.04. The second-order valence-electron chi connectivity index (χ2n) is 4.59. The zero-order valence-electron chi connectivity index (χ0n) is 10.8. The SMILES string of the molecule is N#Cc1cccc2c1nc(N)n2Cc1ccc(F)c(Cl)c1. The second-order valence-corrected chi connectivity index (χ2v) is 5.00. The molecule has 0 radical (unpaired) electrons. The van der Waals surface area contributed by atoms with Crippen LogP contribution in [0.25, 0.3) is 11.0 Å². The van der Waals surface area contributed by atoms with Gasteiger partial charge in [-0.3, -0.25) is 0 Å². The van der Waals surface area contributed by atoms with E-state index in [-0.39, 0.29) is 5.02 Å².